The van der Waals surface area contributed by atoms with Gasteiger partial charge in [-0.1, -0.05) is 30.3 Å². The van der Waals surface area contributed by atoms with E-state index in [2.05, 4.69) is 15.4 Å². The number of carbonyl (C=O) groups excluding carboxylic acids is 1. The molecule has 4 aromatic carbocycles. The molecule has 0 aliphatic rings. The number of hydrogen-bond donors (Lipinski definition) is 1. The smallest absolute Gasteiger partial charge is 0.336 e. The molecule has 0 radical (unpaired) electrons. The molecule has 1 amide bonds. The highest BCUT2D eigenvalue weighted by molar-refractivity contribution is 6.04. The van der Waals surface area contributed by atoms with E-state index in [1.807, 2.05) is 0 Å². The van der Waals surface area contributed by atoms with Gasteiger partial charge in [0.1, 0.15) is 24.1 Å². The highest BCUT2D eigenvalue weighted by atomic mass is 19.1. The molecule has 0 saturated carbocycles. The maximum Gasteiger partial charge on any atom is 0.336 e. The monoisotopic (exact) mass is 500 g/mol. The van der Waals surface area contributed by atoms with Crippen LogP contribution in [-0.2, 0) is 6.61 Å². The number of hydrogen-bond acceptors (Lipinski definition) is 4. The van der Waals surface area contributed by atoms with Gasteiger partial charge < -0.3 is 10.1 Å². The van der Waals surface area contributed by atoms with Crippen LogP contribution in [0.5, 0.6) is 6.01 Å². The van der Waals surface area contributed by atoms with Gasteiger partial charge in [-0.25, -0.2) is 17.9 Å². The van der Waals surface area contributed by atoms with E-state index in [0.717, 1.165) is 6.07 Å². The number of amides is 1. The van der Waals surface area contributed by atoms with Crippen LogP contribution in [-0.4, -0.2) is 20.7 Å². The molecule has 0 unspecified atom stereocenters. The van der Waals surface area contributed by atoms with Crippen LogP contribution in [0.25, 0.3) is 17.1 Å². The predicted molar refractivity (Wildman–Crippen MR) is 132 cm³/mol. The highest BCUT2D eigenvalue weighted by Crippen LogP contribution is 2.27. The highest BCUT2D eigenvalue weighted by Gasteiger charge is 2.18. The number of halogens is 3. The number of anilines is 1. The summed E-state index contributed by atoms with van der Waals surface area (Å²) in [4.78, 5) is 16.8. The third-order valence-electron chi connectivity index (χ3n) is 5.44. The van der Waals surface area contributed by atoms with Gasteiger partial charge in [0.05, 0.1) is 11.3 Å². The summed E-state index contributed by atoms with van der Waals surface area (Å²) in [5.74, 6) is -1.60. The molecule has 1 heterocycles. The Kier molecular flexibility index (Phi) is 6.67. The number of carbonyl (C=O) groups is 1. The quantitative estimate of drug-likeness (QED) is 0.290. The molecule has 6 nitrogen and oxygen atoms in total. The van der Waals surface area contributed by atoms with Gasteiger partial charge in [0, 0.05) is 11.3 Å². The Hall–Kier alpha value is -4.92. The van der Waals surface area contributed by atoms with Crippen LogP contribution < -0.4 is 10.1 Å². The summed E-state index contributed by atoms with van der Waals surface area (Å²) in [6.07, 6.45) is 0. The Balaban J connectivity index is 1.41. The zero-order chi connectivity index (χ0) is 25.8. The minimum atomic E-state index is -0.507. The maximum absolute atomic E-state index is 14.6. The molecule has 9 heteroatoms. The number of nitrogens with zero attached hydrogens (tertiary/aromatic N) is 3. The van der Waals surface area contributed by atoms with E-state index in [4.69, 9.17) is 4.74 Å². The summed E-state index contributed by atoms with van der Waals surface area (Å²) in [6.45, 7) is 0.0893. The summed E-state index contributed by atoms with van der Waals surface area (Å²) in [5.41, 5.74) is 2.12. The second-order valence-corrected chi connectivity index (χ2v) is 8.04. The van der Waals surface area contributed by atoms with Crippen LogP contribution in [0, 0.1) is 17.5 Å². The average Bonchev–Trinajstić information content (AvgIpc) is 3.33. The van der Waals surface area contributed by atoms with Gasteiger partial charge in [-0.3, -0.25) is 4.79 Å². The van der Waals surface area contributed by atoms with Crippen molar-refractivity contribution < 1.29 is 22.7 Å². The van der Waals surface area contributed by atoms with E-state index in [-0.39, 0.29) is 35.4 Å². The minimum Gasteiger partial charge on any atom is -0.457 e. The second kappa shape index (κ2) is 10.4. The van der Waals surface area contributed by atoms with E-state index in [0.29, 0.717) is 16.9 Å². The van der Waals surface area contributed by atoms with Gasteiger partial charge in [-0.05, 0) is 72.3 Å². The van der Waals surface area contributed by atoms with Gasteiger partial charge in [0.2, 0.25) is 0 Å². The largest absolute Gasteiger partial charge is 0.457 e. The number of benzene rings is 4. The molecule has 0 atom stereocenters. The minimum absolute atomic E-state index is 0.00561. The molecule has 5 rings (SSSR count). The van der Waals surface area contributed by atoms with Crippen LogP contribution in [0.2, 0.25) is 0 Å². The SMILES string of the molecule is O=C(Nc1ccc(-n2nc(OCc3ccc(F)cc3)nc2-c2ccccc2F)cc1)c1cccc(F)c1. The molecule has 37 heavy (non-hydrogen) atoms. The molecule has 0 aliphatic heterocycles. The third kappa shape index (κ3) is 5.51. The van der Waals surface area contributed by atoms with Gasteiger partial charge in [0.25, 0.3) is 5.91 Å². The molecule has 1 aromatic heterocycles. The predicted octanol–water partition coefficient (Wildman–Crippen LogP) is 6.18. The third-order valence-corrected chi connectivity index (χ3v) is 5.44. The molecule has 1 N–H and O–H groups in total. The molecule has 5 aromatic rings. The molecule has 184 valence electrons. The fourth-order valence-electron chi connectivity index (χ4n) is 3.60. The number of nitrogens with one attached hydrogen (secondary N) is 1. The van der Waals surface area contributed by atoms with Crippen molar-refractivity contribution in [3.05, 3.63) is 126 Å². The van der Waals surface area contributed by atoms with Crippen LogP contribution in [0.3, 0.4) is 0 Å². The van der Waals surface area contributed by atoms with Crippen LogP contribution in [0.4, 0.5) is 18.9 Å². The first-order valence-corrected chi connectivity index (χ1v) is 11.2. The molecular formula is C28H19F3N4O2. The first kappa shape index (κ1) is 23.8. The molecule has 0 bridgehead atoms. The van der Waals surface area contributed by atoms with E-state index in [1.54, 1.807) is 54.6 Å². The first-order chi connectivity index (χ1) is 18.0. The standard InChI is InChI=1S/C28H19F3N4O2/c29-20-10-8-18(9-11-20)17-37-28-33-26(24-6-1-2-7-25(24)31)35(34-28)23-14-12-22(13-15-23)32-27(36)19-4-3-5-21(30)16-19/h1-16H,17H2,(H,32,36). The molecule has 0 saturated heterocycles. The van der Waals surface area contributed by atoms with Crippen LogP contribution in [0.1, 0.15) is 15.9 Å². The Morgan fingerprint density at radius 2 is 1.59 bits per heavy atom. The molecule has 0 spiro atoms. The topological polar surface area (TPSA) is 69.0 Å². The van der Waals surface area contributed by atoms with Crippen molar-refractivity contribution in [2.75, 3.05) is 5.32 Å². The summed E-state index contributed by atoms with van der Waals surface area (Å²) < 4.78 is 48.4. The summed E-state index contributed by atoms with van der Waals surface area (Å²) in [5, 5.41) is 7.10. The maximum atomic E-state index is 14.6. The van der Waals surface area contributed by atoms with Crippen molar-refractivity contribution in [2.45, 2.75) is 6.61 Å². The Labute approximate surface area is 210 Å². The van der Waals surface area contributed by atoms with Crippen molar-refractivity contribution in [1.29, 1.82) is 0 Å². The van der Waals surface area contributed by atoms with Gasteiger partial charge in [-0.15, -0.1) is 5.10 Å². The second-order valence-electron chi connectivity index (χ2n) is 8.04. The number of aromatic nitrogens is 3. The van der Waals surface area contributed by atoms with Crippen molar-refractivity contribution in [3.63, 3.8) is 0 Å². The van der Waals surface area contributed by atoms with Gasteiger partial charge in [-0.2, -0.15) is 4.98 Å². The zero-order valence-electron chi connectivity index (χ0n) is 19.2. The van der Waals surface area contributed by atoms with E-state index in [1.165, 1.54) is 41.1 Å². The van der Waals surface area contributed by atoms with E-state index < -0.39 is 17.5 Å². The molecule has 0 fully saturated rings. The van der Waals surface area contributed by atoms with Gasteiger partial charge >= 0.3 is 6.01 Å². The normalized spacial score (nSPS) is 10.8. The lowest BCUT2D eigenvalue weighted by Gasteiger charge is -2.09. The van der Waals surface area contributed by atoms with Crippen LogP contribution >= 0.6 is 0 Å². The summed E-state index contributed by atoms with van der Waals surface area (Å²) >= 11 is 0. The van der Waals surface area contributed by atoms with Gasteiger partial charge in [0.15, 0.2) is 5.82 Å². The number of rotatable bonds is 7. The lowest BCUT2D eigenvalue weighted by atomic mass is 10.2. The van der Waals surface area contributed by atoms with Crippen molar-refractivity contribution in [3.8, 4) is 23.1 Å². The summed E-state index contributed by atoms with van der Waals surface area (Å²) in [7, 11) is 0. The Morgan fingerprint density at radius 1 is 0.838 bits per heavy atom. The van der Waals surface area contributed by atoms with Crippen molar-refractivity contribution in [1.82, 2.24) is 14.8 Å². The fraction of sp³-hybridized carbons (Fsp3) is 0.0357. The molecule has 0 aliphatic carbocycles. The Bertz CT molecular complexity index is 1550. The lowest BCUT2D eigenvalue weighted by molar-refractivity contribution is 0.102. The van der Waals surface area contributed by atoms with Crippen LogP contribution in [0.15, 0.2) is 97.1 Å². The zero-order valence-corrected chi connectivity index (χ0v) is 19.2. The first-order valence-electron chi connectivity index (χ1n) is 11.2. The molecular weight excluding hydrogens is 481 g/mol. The average molecular weight is 500 g/mol. The summed E-state index contributed by atoms with van der Waals surface area (Å²) in [6, 6.07) is 24.0. The Morgan fingerprint density at radius 3 is 2.32 bits per heavy atom. The van der Waals surface area contributed by atoms with Crippen molar-refractivity contribution >= 4 is 11.6 Å². The number of ether oxygens (including phenoxy) is 1. The lowest BCUT2D eigenvalue weighted by Crippen LogP contribution is -2.12. The fourth-order valence-corrected chi connectivity index (χ4v) is 3.60. The van der Waals surface area contributed by atoms with Crippen molar-refractivity contribution in [2.24, 2.45) is 0 Å². The van der Waals surface area contributed by atoms with E-state index >= 15 is 0 Å². The van der Waals surface area contributed by atoms with E-state index in [9.17, 15) is 18.0 Å².